The number of anilines is 2. The van der Waals surface area contributed by atoms with Crippen LogP contribution in [0, 0.1) is 11.3 Å². The number of ether oxygens (including phenoxy) is 1. The monoisotopic (exact) mass is 432 g/mol. The van der Waals surface area contributed by atoms with Gasteiger partial charge in [-0.25, -0.2) is 4.79 Å². The van der Waals surface area contributed by atoms with Crippen LogP contribution in [-0.4, -0.2) is 37.0 Å². The van der Waals surface area contributed by atoms with Gasteiger partial charge in [0.15, 0.2) is 12.2 Å². The van der Waals surface area contributed by atoms with Crippen LogP contribution in [0.5, 0.6) is 0 Å². The van der Waals surface area contributed by atoms with Crippen molar-refractivity contribution >= 4 is 34.2 Å². The van der Waals surface area contributed by atoms with E-state index in [1.807, 2.05) is 30.3 Å². The number of aromatic nitrogens is 1. The fourth-order valence-corrected chi connectivity index (χ4v) is 3.78. The summed E-state index contributed by atoms with van der Waals surface area (Å²) >= 11 is 0. The Morgan fingerprint density at radius 2 is 1.66 bits per heavy atom. The fourth-order valence-electron chi connectivity index (χ4n) is 3.78. The van der Waals surface area contributed by atoms with Gasteiger partial charge in [-0.1, -0.05) is 24.3 Å². The minimum atomic E-state index is -0.658. The molecule has 1 aliphatic rings. The zero-order chi connectivity index (χ0) is 22.8. The number of benzene rings is 2. The number of hydrogen-bond donors (Lipinski definition) is 0. The van der Waals surface area contributed by atoms with E-state index in [1.165, 1.54) is 4.57 Å². The number of aryl methyl sites for hydroxylation is 1. The van der Waals surface area contributed by atoms with E-state index in [1.54, 1.807) is 48.2 Å². The highest BCUT2D eigenvalue weighted by Crippen LogP contribution is 2.40. The minimum absolute atomic E-state index is 0.0514. The van der Waals surface area contributed by atoms with E-state index in [4.69, 9.17) is 9.15 Å². The van der Waals surface area contributed by atoms with Crippen molar-refractivity contribution in [3.05, 3.63) is 70.5 Å². The van der Waals surface area contributed by atoms with E-state index in [0.717, 1.165) is 11.4 Å². The number of para-hydroxylation sites is 4. The molecular weight excluding hydrogens is 412 g/mol. The van der Waals surface area contributed by atoms with Gasteiger partial charge in [-0.2, -0.15) is 5.26 Å². The number of ketones is 1. The molecule has 0 radical (unpaired) electrons. The first-order valence-corrected chi connectivity index (χ1v) is 9.90. The molecule has 0 fully saturated rings. The van der Waals surface area contributed by atoms with Crippen molar-refractivity contribution in [3.8, 4) is 6.07 Å². The number of oxazole rings is 1. The largest absolute Gasteiger partial charge is 0.457 e. The summed E-state index contributed by atoms with van der Waals surface area (Å²) in [5.74, 6) is -1.41. The highest BCUT2D eigenvalue weighted by Gasteiger charge is 2.31. The number of hydrogen-bond acceptors (Lipinski definition) is 8. The van der Waals surface area contributed by atoms with Crippen molar-refractivity contribution in [1.29, 1.82) is 5.26 Å². The molecule has 0 aliphatic carbocycles. The van der Waals surface area contributed by atoms with Crippen molar-refractivity contribution in [2.24, 2.45) is 0 Å². The fraction of sp³-hybridized carbons (Fsp3) is 0.217. The molecule has 0 amide bonds. The summed E-state index contributed by atoms with van der Waals surface area (Å²) in [6.07, 6.45) is -0.125. The second kappa shape index (κ2) is 8.43. The Labute approximate surface area is 183 Å². The molecule has 0 saturated carbocycles. The molecule has 1 aromatic heterocycles. The van der Waals surface area contributed by atoms with Crippen molar-refractivity contribution in [2.75, 3.05) is 30.5 Å². The van der Waals surface area contributed by atoms with Crippen molar-refractivity contribution in [2.45, 2.75) is 13.0 Å². The summed E-state index contributed by atoms with van der Waals surface area (Å²) in [6, 6.07) is 16.3. The number of nitrogens with zero attached hydrogens (tertiary/aromatic N) is 4. The van der Waals surface area contributed by atoms with Crippen LogP contribution in [0.25, 0.3) is 11.1 Å². The molecule has 9 nitrogen and oxygen atoms in total. The molecule has 0 bridgehead atoms. The van der Waals surface area contributed by atoms with Gasteiger partial charge in [-0.15, -0.1) is 0 Å². The Hall–Kier alpha value is -4.32. The Morgan fingerprint density at radius 1 is 1.03 bits per heavy atom. The summed E-state index contributed by atoms with van der Waals surface area (Å²) in [7, 11) is 3.53. The van der Waals surface area contributed by atoms with Crippen LogP contribution in [0.1, 0.15) is 6.42 Å². The lowest BCUT2D eigenvalue weighted by Crippen LogP contribution is -2.28. The molecule has 162 valence electrons. The quantitative estimate of drug-likeness (QED) is 0.332. The van der Waals surface area contributed by atoms with Gasteiger partial charge < -0.3 is 19.0 Å². The SMILES string of the molecule is CN1C(=C(C#N)C(=O)COC(=O)CCn2c(=O)oc3ccccc32)N(C)c2ccccc21. The minimum Gasteiger partial charge on any atom is -0.457 e. The van der Waals surface area contributed by atoms with Gasteiger partial charge in [0.25, 0.3) is 0 Å². The highest BCUT2D eigenvalue weighted by molar-refractivity contribution is 6.03. The van der Waals surface area contributed by atoms with E-state index in [9.17, 15) is 19.6 Å². The van der Waals surface area contributed by atoms with Gasteiger partial charge in [0.1, 0.15) is 17.5 Å². The third kappa shape index (κ3) is 3.63. The molecule has 32 heavy (non-hydrogen) atoms. The van der Waals surface area contributed by atoms with Crippen LogP contribution in [0.3, 0.4) is 0 Å². The van der Waals surface area contributed by atoms with Crippen LogP contribution in [0.15, 0.2) is 69.1 Å². The summed E-state index contributed by atoms with van der Waals surface area (Å²) in [5.41, 5.74) is 2.62. The number of esters is 1. The maximum Gasteiger partial charge on any atom is 0.419 e. The Bertz CT molecular complexity index is 1310. The third-order valence-corrected chi connectivity index (χ3v) is 5.33. The standard InChI is InChI=1S/C23H20N4O5/c1-25-16-7-3-4-8-17(16)26(2)22(25)15(13-24)19(28)14-31-21(29)11-12-27-18-9-5-6-10-20(18)32-23(27)30/h3-10H,11-12,14H2,1-2H3. The summed E-state index contributed by atoms with van der Waals surface area (Å²) in [5, 5.41) is 9.63. The molecule has 4 rings (SSSR count). The topological polar surface area (TPSA) is 109 Å². The normalized spacial score (nSPS) is 12.6. The van der Waals surface area contributed by atoms with E-state index in [-0.39, 0.29) is 18.5 Å². The Kier molecular flexibility index (Phi) is 5.52. The van der Waals surface area contributed by atoms with Crippen LogP contribution in [-0.2, 0) is 20.9 Å². The van der Waals surface area contributed by atoms with Gasteiger partial charge in [-0.05, 0) is 24.3 Å². The second-order valence-electron chi connectivity index (χ2n) is 7.24. The molecular formula is C23H20N4O5. The van der Waals surface area contributed by atoms with E-state index >= 15 is 0 Å². The Morgan fingerprint density at radius 3 is 2.31 bits per heavy atom. The number of nitriles is 1. The van der Waals surface area contributed by atoms with Gasteiger partial charge in [0, 0.05) is 20.6 Å². The maximum atomic E-state index is 12.7. The summed E-state index contributed by atoms with van der Waals surface area (Å²) in [6.45, 7) is -0.514. The first kappa shape index (κ1) is 20.9. The Balaban J connectivity index is 1.42. The van der Waals surface area contributed by atoms with Crippen molar-refractivity contribution in [1.82, 2.24) is 4.57 Å². The predicted octanol–water partition coefficient (Wildman–Crippen LogP) is 2.42. The zero-order valence-electron chi connectivity index (χ0n) is 17.6. The number of carbonyl (C=O) groups is 2. The lowest BCUT2D eigenvalue weighted by Gasteiger charge is -2.19. The van der Waals surface area contributed by atoms with E-state index < -0.39 is 24.1 Å². The van der Waals surface area contributed by atoms with Crippen molar-refractivity contribution in [3.63, 3.8) is 0 Å². The van der Waals surface area contributed by atoms with Gasteiger partial charge >= 0.3 is 11.7 Å². The molecule has 0 unspecified atom stereocenters. The number of Topliss-reactive ketones (excluding diaryl/α,β-unsaturated/α-hetero) is 1. The smallest absolute Gasteiger partial charge is 0.419 e. The lowest BCUT2D eigenvalue weighted by molar-refractivity contribution is -0.147. The van der Waals surface area contributed by atoms with E-state index in [2.05, 4.69) is 0 Å². The maximum absolute atomic E-state index is 12.7. The molecule has 2 aromatic carbocycles. The average Bonchev–Trinajstić information content (AvgIpc) is 3.25. The molecule has 1 aliphatic heterocycles. The highest BCUT2D eigenvalue weighted by atomic mass is 16.5. The molecule has 0 saturated heterocycles. The first-order valence-electron chi connectivity index (χ1n) is 9.90. The molecule has 0 spiro atoms. The van der Waals surface area contributed by atoms with Crippen LogP contribution in [0.2, 0.25) is 0 Å². The first-order chi connectivity index (χ1) is 15.4. The molecule has 2 heterocycles. The summed E-state index contributed by atoms with van der Waals surface area (Å²) in [4.78, 5) is 40.4. The zero-order valence-corrected chi connectivity index (χ0v) is 17.6. The second-order valence-corrected chi connectivity index (χ2v) is 7.24. The van der Waals surface area contributed by atoms with Crippen LogP contribution >= 0.6 is 0 Å². The number of fused-ring (bicyclic) bond motifs is 2. The number of carbonyl (C=O) groups excluding carboxylic acids is 2. The third-order valence-electron chi connectivity index (χ3n) is 5.33. The molecule has 0 atom stereocenters. The molecule has 0 N–H and O–H groups in total. The van der Waals surface area contributed by atoms with Gasteiger partial charge in [0.05, 0.1) is 23.3 Å². The van der Waals surface area contributed by atoms with Gasteiger partial charge in [-0.3, -0.25) is 14.2 Å². The lowest BCUT2D eigenvalue weighted by atomic mass is 10.2. The number of rotatable bonds is 6. The summed E-state index contributed by atoms with van der Waals surface area (Å²) < 4.78 is 11.6. The predicted molar refractivity (Wildman–Crippen MR) is 117 cm³/mol. The van der Waals surface area contributed by atoms with Crippen LogP contribution in [0.4, 0.5) is 11.4 Å². The molecule has 9 heteroatoms. The average molecular weight is 432 g/mol. The van der Waals surface area contributed by atoms with E-state index in [0.29, 0.717) is 16.9 Å². The van der Waals surface area contributed by atoms with Crippen LogP contribution < -0.4 is 15.6 Å². The van der Waals surface area contributed by atoms with Gasteiger partial charge in [0.2, 0.25) is 5.78 Å². The van der Waals surface area contributed by atoms with Crippen molar-refractivity contribution < 1.29 is 18.7 Å². The molecule has 3 aromatic rings.